The van der Waals surface area contributed by atoms with E-state index in [0.717, 1.165) is 5.56 Å². The summed E-state index contributed by atoms with van der Waals surface area (Å²) in [6.07, 6.45) is 0.299. The van der Waals surface area contributed by atoms with Crippen molar-refractivity contribution in [1.29, 1.82) is 0 Å². The maximum Gasteiger partial charge on any atom is 0.323 e. The fourth-order valence-electron chi connectivity index (χ4n) is 4.23. The van der Waals surface area contributed by atoms with E-state index in [1.807, 2.05) is 31.2 Å². The topological polar surface area (TPSA) is 117 Å². The molecule has 4 rings (SSSR count). The molecule has 1 fully saturated rings. The van der Waals surface area contributed by atoms with Crippen LogP contribution in [-0.4, -0.2) is 59.8 Å². The van der Waals surface area contributed by atoms with Crippen LogP contribution in [0.4, 0.5) is 16.2 Å². The molecule has 2 aliphatic heterocycles. The van der Waals surface area contributed by atoms with Gasteiger partial charge in [0.05, 0.1) is 24.1 Å². The minimum absolute atomic E-state index is 0.0723. The van der Waals surface area contributed by atoms with E-state index in [2.05, 4.69) is 10.6 Å². The maximum absolute atomic E-state index is 13.2. The highest BCUT2D eigenvalue weighted by molar-refractivity contribution is 6.02. The first-order chi connectivity index (χ1) is 15.8. The number of amides is 3. The van der Waals surface area contributed by atoms with Crippen LogP contribution >= 0.6 is 0 Å². The van der Waals surface area contributed by atoms with E-state index in [0.29, 0.717) is 35.5 Å². The second kappa shape index (κ2) is 9.50. The summed E-state index contributed by atoms with van der Waals surface area (Å²) in [5.74, 6) is -0.771. The number of hydrogen-bond donors (Lipinski definition) is 3. The van der Waals surface area contributed by atoms with Gasteiger partial charge in [-0.1, -0.05) is 17.7 Å². The Morgan fingerprint density at radius 2 is 1.79 bits per heavy atom. The number of anilines is 2. The quantitative estimate of drug-likeness (QED) is 0.652. The number of hydrogen-bond acceptors (Lipinski definition) is 5. The van der Waals surface area contributed by atoms with Crippen LogP contribution in [-0.2, 0) is 9.53 Å². The first-order valence-corrected chi connectivity index (χ1v) is 10.9. The van der Waals surface area contributed by atoms with E-state index in [4.69, 9.17) is 14.6 Å². The monoisotopic (exact) mass is 453 g/mol. The summed E-state index contributed by atoms with van der Waals surface area (Å²) in [6, 6.07) is 11.7. The van der Waals surface area contributed by atoms with Crippen molar-refractivity contribution in [3.63, 3.8) is 0 Å². The van der Waals surface area contributed by atoms with E-state index >= 15 is 0 Å². The number of carbonyl (C=O) groups excluding carboxylic acids is 2. The summed E-state index contributed by atoms with van der Waals surface area (Å²) in [6.45, 7) is 2.17. The van der Waals surface area contributed by atoms with Gasteiger partial charge in [0.15, 0.2) is 0 Å². The van der Waals surface area contributed by atoms with Crippen molar-refractivity contribution in [2.24, 2.45) is 0 Å². The predicted molar refractivity (Wildman–Crippen MR) is 122 cm³/mol. The van der Waals surface area contributed by atoms with Crippen LogP contribution in [0.5, 0.6) is 5.75 Å². The Kier molecular flexibility index (Phi) is 6.50. The van der Waals surface area contributed by atoms with E-state index in [1.165, 1.54) is 0 Å². The average molecular weight is 453 g/mol. The Bertz CT molecular complexity index is 1050. The van der Waals surface area contributed by atoms with Crippen molar-refractivity contribution in [2.45, 2.75) is 44.4 Å². The third-order valence-corrected chi connectivity index (χ3v) is 5.98. The molecular weight excluding hydrogens is 426 g/mol. The molecule has 0 spiro atoms. The van der Waals surface area contributed by atoms with Crippen LogP contribution in [0.25, 0.3) is 0 Å². The van der Waals surface area contributed by atoms with Crippen LogP contribution < -0.4 is 15.4 Å². The number of benzene rings is 2. The number of rotatable bonds is 4. The summed E-state index contributed by atoms with van der Waals surface area (Å²) in [4.78, 5) is 38.3. The number of carboxylic acids is 1. The largest absolute Gasteiger partial charge is 0.490 e. The van der Waals surface area contributed by atoms with Gasteiger partial charge in [0.2, 0.25) is 0 Å². The molecule has 174 valence electrons. The zero-order valence-corrected chi connectivity index (χ0v) is 18.5. The van der Waals surface area contributed by atoms with E-state index in [9.17, 15) is 14.4 Å². The van der Waals surface area contributed by atoms with Crippen LogP contribution in [0.2, 0.25) is 0 Å². The summed E-state index contributed by atoms with van der Waals surface area (Å²) < 4.78 is 11.8. The normalized spacial score (nSPS) is 22.2. The smallest absolute Gasteiger partial charge is 0.323 e. The first kappa shape index (κ1) is 22.6. The molecule has 0 radical (unpaired) electrons. The average Bonchev–Trinajstić information content (AvgIpc) is 2.78. The molecule has 2 aliphatic rings. The highest BCUT2D eigenvalue weighted by atomic mass is 16.5. The van der Waals surface area contributed by atoms with Crippen LogP contribution in [0.3, 0.4) is 0 Å². The molecule has 2 heterocycles. The van der Waals surface area contributed by atoms with Gasteiger partial charge in [0, 0.05) is 18.4 Å². The Morgan fingerprint density at radius 1 is 1.09 bits per heavy atom. The maximum atomic E-state index is 13.2. The number of likely N-dealkylation sites (N-methyl/N-ethyl adjacent to an activating group) is 1. The highest BCUT2D eigenvalue weighted by Crippen LogP contribution is 2.32. The molecule has 9 heteroatoms. The fourth-order valence-corrected chi connectivity index (χ4v) is 4.23. The number of carboxylic acid groups (broad SMARTS) is 1. The lowest BCUT2D eigenvalue weighted by molar-refractivity contribution is -0.148. The van der Waals surface area contributed by atoms with Gasteiger partial charge in [-0.25, -0.2) is 4.79 Å². The minimum atomic E-state index is -0.911. The lowest BCUT2D eigenvalue weighted by atomic mass is 9.94. The zero-order chi connectivity index (χ0) is 23.5. The molecule has 0 saturated carbocycles. The van der Waals surface area contributed by atoms with E-state index < -0.39 is 24.2 Å². The third kappa shape index (κ3) is 5.25. The number of fused-ring (bicyclic) bond motifs is 2. The Hall–Kier alpha value is -3.59. The van der Waals surface area contributed by atoms with Gasteiger partial charge in [0.25, 0.3) is 5.91 Å². The molecular formula is C24H27N3O6. The van der Waals surface area contributed by atoms with Gasteiger partial charge in [-0.3, -0.25) is 9.59 Å². The molecule has 2 aromatic rings. The van der Waals surface area contributed by atoms with Gasteiger partial charge in [-0.05, 0) is 50.1 Å². The third-order valence-electron chi connectivity index (χ3n) is 5.98. The second-order valence-electron chi connectivity index (χ2n) is 8.42. The van der Waals surface area contributed by atoms with Gasteiger partial charge in [-0.15, -0.1) is 0 Å². The van der Waals surface area contributed by atoms with Crippen molar-refractivity contribution in [2.75, 3.05) is 24.3 Å². The molecule has 3 amide bonds. The summed E-state index contributed by atoms with van der Waals surface area (Å²) in [5, 5.41) is 14.6. The number of aryl methyl sites for hydroxylation is 1. The molecule has 1 saturated heterocycles. The Balaban J connectivity index is 1.48. The van der Waals surface area contributed by atoms with Gasteiger partial charge in [0.1, 0.15) is 18.5 Å². The Morgan fingerprint density at radius 3 is 2.52 bits per heavy atom. The zero-order valence-electron chi connectivity index (χ0n) is 18.5. The molecule has 0 bridgehead atoms. The standard InChI is InChI=1S/C24H27N3O6/c1-14-3-5-15(6-4-14)25-24(31)26-16-7-10-20-18(11-16)23(30)27(2)19-9-8-17(12-22(28)29)33-21(19)13-32-20/h3-7,10-11,17,19,21H,8-9,12-13H2,1-2H3,(H,28,29)(H2,25,26,31)/t17-,19-,21-/m1/s1. The van der Waals surface area contributed by atoms with Crippen molar-refractivity contribution < 1.29 is 29.0 Å². The van der Waals surface area contributed by atoms with Crippen LogP contribution in [0.15, 0.2) is 42.5 Å². The molecule has 3 atom stereocenters. The lowest BCUT2D eigenvalue weighted by Crippen LogP contribution is -2.53. The van der Waals surface area contributed by atoms with Gasteiger partial charge < -0.3 is 30.1 Å². The predicted octanol–water partition coefficient (Wildman–Crippen LogP) is 3.49. The van der Waals surface area contributed by atoms with Gasteiger partial charge >= 0.3 is 12.0 Å². The fraction of sp³-hybridized carbons (Fsp3) is 0.375. The van der Waals surface area contributed by atoms with Crippen LogP contribution in [0.1, 0.15) is 35.2 Å². The number of ether oxygens (including phenoxy) is 2. The van der Waals surface area contributed by atoms with Crippen LogP contribution in [0, 0.1) is 6.92 Å². The molecule has 33 heavy (non-hydrogen) atoms. The molecule has 3 N–H and O–H groups in total. The highest BCUT2D eigenvalue weighted by Gasteiger charge is 2.39. The number of nitrogens with one attached hydrogen (secondary N) is 2. The lowest BCUT2D eigenvalue weighted by Gasteiger charge is -2.42. The van der Waals surface area contributed by atoms with E-state index in [1.54, 1.807) is 30.1 Å². The summed E-state index contributed by atoms with van der Waals surface area (Å²) in [7, 11) is 1.71. The SMILES string of the molecule is Cc1ccc(NC(=O)Nc2ccc3c(c2)C(=O)N(C)[C@@H]2CC[C@H](CC(=O)O)O[C@@H]2CO3)cc1. The summed E-state index contributed by atoms with van der Waals surface area (Å²) in [5.41, 5.74) is 2.56. The molecule has 9 nitrogen and oxygen atoms in total. The molecule has 0 aliphatic carbocycles. The molecule has 0 aromatic heterocycles. The van der Waals surface area contributed by atoms with Gasteiger partial charge in [-0.2, -0.15) is 0 Å². The minimum Gasteiger partial charge on any atom is -0.490 e. The number of aliphatic carboxylic acids is 1. The van der Waals surface area contributed by atoms with E-state index in [-0.39, 0.29) is 25.0 Å². The number of carbonyl (C=O) groups is 3. The molecule has 2 aromatic carbocycles. The number of urea groups is 1. The van der Waals surface area contributed by atoms with Crippen molar-refractivity contribution >= 4 is 29.3 Å². The van der Waals surface area contributed by atoms with Crippen molar-refractivity contribution in [3.8, 4) is 5.75 Å². The first-order valence-electron chi connectivity index (χ1n) is 10.9. The van der Waals surface area contributed by atoms with Crippen molar-refractivity contribution in [1.82, 2.24) is 4.90 Å². The molecule has 0 unspecified atom stereocenters. The second-order valence-corrected chi connectivity index (χ2v) is 8.42. The number of nitrogens with zero attached hydrogens (tertiary/aromatic N) is 1. The summed E-state index contributed by atoms with van der Waals surface area (Å²) >= 11 is 0. The van der Waals surface area contributed by atoms with Crippen molar-refractivity contribution in [3.05, 3.63) is 53.6 Å². The Labute approximate surface area is 191 Å².